The van der Waals surface area contributed by atoms with E-state index in [4.69, 9.17) is 18.9 Å². The molecule has 0 aromatic heterocycles. The third-order valence-corrected chi connectivity index (χ3v) is 18.6. The van der Waals surface area contributed by atoms with E-state index in [1.54, 1.807) is 12.1 Å². The van der Waals surface area contributed by atoms with Crippen LogP contribution in [-0.2, 0) is 22.4 Å². The number of methoxy groups -OCH3 is 1. The van der Waals surface area contributed by atoms with Crippen LogP contribution in [0.15, 0.2) is 24.3 Å². The van der Waals surface area contributed by atoms with Crippen molar-refractivity contribution in [1.29, 1.82) is 0 Å². The smallest absolute Gasteiger partial charge is 0.220 e. The zero-order chi connectivity index (χ0) is 49.1. The molecule has 3 aliphatic heterocycles. The third kappa shape index (κ3) is 13.5. The molecule has 1 saturated heterocycles. The number of phenolic OH excluding ortho intramolecular Hbond substituents is 2. The number of hydrogen-bond acceptors (Lipinski definition) is 16. The molecule has 0 unspecified atom stereocenters. The van der Waals surface area contributed by atoms with Crippen molar-refractivity contribution in [2.45, 2.75) is 139 Å². The molecule has 2 saturated carbocycles. The fourth-order valence-corrected chi connectivity index (χ4v) is 15.1. The van der Waals surface area contributed by atoms with Gasteiger partial charge in [-0.25, -0.2) is 0 Å². The largest absolute Gasteiger partial charge is 0.504 e. The first-order valence-electron chi connectivity index (χ1n) is 25.1. The minimum atomic E-state index is -1.08. The highest BCUT2D eigenvalue weighted by atomic mass is 33.1. The molecule has 10 N–H and O–H groups in total. The molecular weight excluding hydrogens is 925 g/mol. The lowest BCUT2D eigenvalue weighted by Crippen LogP contribution is -2.50. The van der Waals surface area contributed by atoms with E-state index in [0.717, 1.165) is 75.6 Å². The number of carbonyl (C=O) groups is 1. The number of hydrogen-bond donors (Lipinski definition) is 10. The number of rotatable bonds is 15. The van der Waals surface area contributed by atoms with Crippen LogP contribution < -0.4 is 24.8 Å². The first kappa shape index (κ1) is 53.6. The highest BCUT2D eigenvalue weighted by Gasteiger charge is 2.52. The number of aliphatic hydroxyl groups is 6. The van der Waals surface area contributed by atoms with Gasteiger partial charge in [-0.1, -0.05) is 40.9 Å². The molecular formula is C52H76N2O13S2. The molecule has 13 atom stereocenters. The first-order chi connectivity index (χ1) is 33.4. The van der Waals surface area contributed by atoms with E-state index < -0.39 is 43.9 Å². The number of amides is 1. The molecule has 384 valence electrons. The van der Waals surface area contributed by atoms with E-state index in [-0.39, 0.29) is 82.7 Å². The van der Waals surface area contributed by atoms with Crippen LogP contribution in [-0.4, -0.2) is 130 Å². The minimum Gasteiger partial charge on any atom is -0.504 e. The van der Waals surface area contributed by atoms with Gasteiger partial charge < -0.3 is 70.4 Å². The molecule has 17 heteroatoms. The zero-order valence-corrected chi connectivity index (χ0v) is 41.9. The summed E-state index contributed by atoms with van der Waals surface area (Å²) in [5.74, 6) is 8.57. The van der Waals surface area contributed by atoms with E-state index in [1.165, 1.54) is 34.8 Å². The second kappa shape index (κ2) is 25.5. The van der Waals surface area contributed by atoms with Crippen molar-refractivity contribution in [3.63, 3.8) is 0 Å². The van der Waals surface area contributed by atoms with Gasteiger partial charge in [-0.15, -0.1) is 5.92 Å². The lowest BCUT2D eigenvalue weighted by molar-refractivity contribution is -0.119. The maximum atomic E-state index is 12.0. The highest BCUT2D eigenvalue weighted by molar-refractivity contribution is 8.76. The lowest BCUT2D eigenvalue weighted by atomic mass is 9.51. The number of nitrogens with one attached hydrogen (secondary N) is 2. The maximum Gasteiger partial charge on any atom is 0.220 e. The number of ether oxygens (including phenoxy) is 4. The monoisotopic (exact) mass is 1000 g/mol. The Bertz CT molecular complexity index is 2050. The topological polar surface area (TPSA) is 240 Å². The molecule has 0 radical (unpaired) electrons. The molecule has 1 spiro atoms. The van der Waals surface area contributed by atoms with Crippen molar-refractivity contribution in [2.24, 2.45) is 40.9 Å². The number of aliphatic hydroxyl groups excluding tert-OH is 6. The van der Waals surface area contributed by atoms with Gasteiger partial charge in [0.25, 0.3) is 0 Å². The Balaban J connectivity index is 1.14. The Morgan fingerprint density at radius 3 is 2.51 bits per heavy atom. The molecule has 5 aliphatic rings. The normalized spacial score (nSPS) is 32.8. The summed E-state index contributed by atoms with van der Waals surface area (Å²) in [5.41, 5.74) is 2.04. The summed E-state index contributed by atoms with van der Waals surface area (Å²) in [6.07, 6.45) is 6.26. The van der Waals surface area contributed by atoms with E-state index in [1.807, 2.05) is 6.07 Å². The van der Waals surface area contributed by atoms with Crippen LogP contribution in [0.5, 0.6) is 28.7 Å². The Morgan fingerprint density at radius 2 is 1.75 bits per heavy atom. The average molecular weight is 1000 g/mol. The average Bonchev–Trinajstić information content (AvgIpc) is 3.80. The van der Waals surface area contributed by atoms with Crippen LogP contribution in [0.4, 0.5) is 0 Å². The molecule has 3 fully saturated rings. The summed E-state index contributed by atoms with van der Waals surface area (Å²) in [5, 5.41) is 93.4. The van der Waals surface area contributed by atoms with Gasteiger partial charge >= 0.3 is 0 Å². The lowest BCUT2D eigenvalue weighted by Gasteiger charge is -2.53. The van der Waals surface area contributed by atoms with Gasteiger partial charge in [-0.3, -0.25) is 4.79 Å². The molecule has 2 aromatic rings. The SMILES string of the molecule is COc1cc(C[C@@H]2[C@H](O)CSS[C@@H](CCO)c3cc(O)c(O[C@@H]4CC[C@H]5CNCCC#C[C@@]6(C[C@H](C)CC[C@@H]6CC[C@H](O)[C@@H]6CNC(=O)C6)[C@@H]5C4)cc3CC[C@H](OCO)C[C@H]2O)cc(OCO)c1O. The van der Waals surface area contributed by atoms with Crippen molar-refractivity contribution in [3.05, 3.63) is 41.0 Å². The van der Waals surface area contributed by atoms with Crippen molar-refractivity contribution < 1.29 is 64.6 Å². The predicted molar refractivity (Wildman–Crippen MR) is 265 cm³/mol. The van der Waals surface area contributed by atoms with Gasteiger partial charge in [0.1, 0.15) is 6.79 Å². The van der Waals surface area contributed by atoms with Gasteiger partial charge in [0.2, 0.25) is 11.7 Å². The van der Waals surface area contributed by atoms with Gasteiger partial charge in [-0.2, -0.15) is 0 Å². The molecule has 2 aromatic carbocycles. The Labute approximate surface area is 415 Å². The number of benzene rings is 2. The minimum absolute atomic E-state index is 0.00459. The molecule has 0 bridgehead atoms. The summed E-state index contributed by atoms with van der Waals surface area (Å²) < 4.78 is 23.4. The standard InChI is InChI=1S/C52H76N2O13S2/c1-31-5-8-36(9-12-42(58)35-21-50(62)54-27-35)52(25-31)14-3-4-15-53-26-34-7-11-38(22-41(34)52)67-46-20-33-6-10-37(65-29-56)23-43(59)40(17-32-18-47(64-2)51(63)48(19-32)66-30-57)45(61)28-68-69-49(13-16-55)39(33)24-44(46)60/h18-20,24,31,34-38,40-43,45,49,53,55-61,63H,4-13,15-17,21-23,25-30H2,1-2H3,(H,54,62)/t31-,34+,35+,36-,37+,38-,40+,41-,42+,43-,45-,49+,52+/m1/s1. The van der Waals surface area contributed by atoms with Crippen LogP contribution in [0.25, 0.3) is 0 Å². The van der Waals surface area contributed by atoms with Gasteiger partial charge in [0.05, 0.1) is 37.6 Å². The van der Waals surface area contributed by atoms with E-state index in [9.17, 15) is 45.6 Å². The molecule has 3 heterocycles. The second-order valence-electron chi connectivity index (χ2n) is 20.2. The first-order valence-corrected chi connectivity index (χ1v) is 27.5. The van der Waals surface area contributed by atoms with Gasteiger partial charge in [0, 0.05) is 60.8 Å². The van der Waals surface area contributed by atoms with Crippen LogP contribution >= 0.6 is 21.6 Å². The summed E-state index contributed by atoms with van der Waals surface area (Å²) >= 11 is 0. The highest BCUT2D eigenvalue weighted by Crippen LogP contribution is 2.57. The number of aromatic hydroxyl groups is 2. The summed E-state index contributed by atoms with van der Waals surface area (Å²) in [4.78, 5) is 12.0. The third-order valence-electron chi connectivity index (χ3n) is 15.8. The molecule has 15 nitrogen and oxygen atoms in total. The molecule has 69 heavy (non-hydrogen) atoms. The van der Waals surface area contributed by atoms with Crippen LogP contribution in [0.3, 0.4) is 0 Å². The van der Waals surface area contributed by atoms with Gasteiger partial charge in [-0.05, 0) is 148 Å². The maximum absolute atomic E-state index is 12.0. The molecule has 2 aliphatic carbocycles. The van der Waals surface area contributed by atoms with Crippen molar-refractivity contribution >= 4 is 27.5 Å². The Morgan fingerprint density at radius 1 is 0.928 bits per heavy atom. The van der Waals surface area contributed by atoms with E-state index in [0.29, 0.717) is 67.7 Å². The summed E-state index contributed by atoms with van der Waals surface area (Å²) in [6.45, 7) is 3.22. The molecule has 7 rings (SSSR count). The Hall–Kier alpha value is -3.15. The van der Waals surface area contributed by atoms with E-state index >= 15 is 0 Å². The Kier molecular flexibility index (Phi) is 19.8. The fourth-order valence-electron chi connectivity index (χ4n) is 12.2. The van der Waals surface area contributed by atoms with Crippen LogP contribution in [0, 0.1) is 52.8 Å². The molecule has 1 amide bonds. The number of carbonyl (C=O) groups excluding carboxylic acids is 1. The number of fused-ring (bicyclic) bond motifs is 3. The van der Waals surface area contributed by atoms with Crippen LogP contribution in [0.1, 0.15) is 112 Å². The van der Waals surface area contributed by atoms with Crippen molar-refractivity contribution in [3.8, 4) is 40.6 Å². The summed E-state index contributed by atoms with van der Waals surface area (Å²) in [7, 11) is 4.28. The number of phenols is 2. The van der Waals surface area contributed by atoms with E-state index in [2.05, 4.69) is 29.4 Å². The fraction of sp³-hybridized carbons (Fsp3) is 0.712. The van der Waals surface area contributed by atoms with Gasteiger partial charge in [0.15, 0.2) is 29.8 Å². The van der Waals surface area contributed by atoms with Crippen molar-refractivity contribution in [1.82, 2.24) is 10.6 Å². The zero-order valence-electron chi connectivity index (χ0n) is 40.2. The van der Waals surface area contributed by atoms with Crippen LogP contribution in [0.2, 0.25) is 0 Å². The quantitative estimate of drug-likeness (QED) is 0.0615. The van der Waals surface area contributed by atoms with Crippen molar-refractivity contribution in [2.75, 3.05) is 52.7 Å². The predicted octanol–water partition coefficient (Wildman–Crippen LogP) is 5.35. The second-order valence-corrected chi connectivity index (χ2v) is 22.8. The summed E-state index contributed by atoms with van der Waals surface area (Å²) in [6, 6.07) is 6.79. The number of aryl methyl sites for hydroxylation is 1.